The molecule has 0 aromatic rings. The Balaban J connectivity index is 2.55. The Morgan fingerprint density at radius 2 is 2.25 bits per heavy atom. The minimum Gasteiger partial charge on any atom is -0.469 e. The van der Waals surface area contributed by atoms with Crippen molar-refractivity contribution in [1.29, 1.82) is 0 Å². The van der Waals surface area contributed by atoms with Crippen molar-refractivity contribution in [1.82, 2.24) is 0 Å². The first kappa shape index (κ1) is 12.7. The maximum atomic E-state index is 11.6. The lowest BCUT2D eigenvalue weighted by Crippen LogP contribution is -2.18. The van der Waals surface area contributed by atoms with Gasteiger partial charge in [-0.2, -0.15) is 0 Å². The molecule has 2 unspecified atom stereocenters. The van der Waals surface area contributed by atoms with E-state index in [4.69, 9.17) is 0 Å². The molecule has 0 saturated heterocycles. The molecule has 1 aliphatic carbocycles. The van der Waals surface area contributed by atoms with E-state index in [0.717, 1.165) is 6.42 Å². The van der Waals surface area contributed by atoms with Crippen LogP contribution in [0, 0.1) is 11.8 Å². The molecule has 2 atom stereocenters. The lowest BCUT2D eigenvalue weighted by atomic mass is 9.89. The molecule has 0 bridgehead atoms. The molecule has 1 aliphatic rings. The number of carbonyl (C=O) groups excluding carboxylic acids is 2. The Morgan fingerprint density at radius 3 is 2.88 bits per heavy atom. The Kier molecular flexibility index (Phi) is 4.96. The van der Waals surface area contributed by atoms with E-state index < -0.39 is 0 Å². The van der Waals surface area contributed by atoms with Gasteiger partial charge in [0.25, 0.3) is 0 Å². The maximum absolute atomic E-state index is 11.6. The third kappa shape index (κ3) is 3.33. The third-order valence-corrected chi connectivity index (χ3v) is 2.81. The highest BCUT2D eigenvalue weighted by Gasteiger charge is 2.30. The fourth-order valence-electron chi connectivity index (χ4n) is 1.87. The van der Waals surface area contributed by atoms with Crippen molar-refractivity contribution >= 4 is 11.8 Å². The van der Waals surface area contributed by atoms with Crippen molar-refractivity contribution in [3.63, 3.8) is 0 Å². The normalized spacial score (nSPS) is 24.2. The number of esters is 1. The molecule has 0 radical (unpaired) electrons. The number of rotatable bonds is 5. The number of hydrogen-bond acceptors (Lipinski definition) is 3. The first-order valence-electron chi connectivity index (χ1n) is 5.62. The minimum atomic E-state index is -0.256. The molecule has 0 spiro atoms. The third-order valence-electron chi connectivity index (χ3n) is 2.81. The van der Waals surface area contributed by atoms with Crippen LogP contribution in [0.2, 0.25) is 0 Å². The molecule has 88 valence electrons. The van der Waals surface area contributed by atoms with Crippen molar-refractivity contribution in [2.45, 2.75) is 26.2 Å². The predicted molar refractivity (Wildman–Crippen MR) is 61.8 cm³/mol. The van der Waals surface area contributed by atoms with E-state index in [1.54, 1.807) is 6.08 Å². The molecule has 0 aromatic heterocycles. The number of hydrogen-bond donors (Lipinski definition) is 0. The van der Waals surface area contributed by atoms with Gasteiger partial charge in [-0.05, 0) is 24.8 Å². The molecular formula is C13H18O3. The smallest absolute Gasteiger partial charge is 0.306 e. The zero-order valence-corrected chi connectivity index (χ0v) is 9.81. The lowest BCUT2D eigenvalue weighted by molar-refractivity contribution is -0.141. The zero-order valence-electron chi connectivity index (χ0n) is 9.81. The molecule has 0 fully saturated rings. The monoisotopic (exact) mass is 222 g/mol. The number of ketones is 1. The summed E-state index contributed by atoms with van der Waals surface area (Å²) in [7, 11) is 1.37. The van der Waals surface area contributed by atoms with Crippen LogP contribution in [0.1, 0.15) is 26.2 Å². The molecular weight excluding hydrogens is 204 g/mol. The number of ether oxygens (including phenoxy) is 1. The van der Waals surface area contributed by atoms with E-state index in [2.05, 4.69) is 11.7 Å². The van der Waals surface area contributed by atoms with Crippen molar-refractivity contribution in [3.8, 4) is 0 Å². The second-order valence-corrected chi connectivity index (χ2v) is 3.93. The Labute approximate surface area is 96.2 Å². The number of methoxy groups -OCH3 is 1. The van der Waals surface area contributed by atoms with Gasteiger partial charge < -0.3 is 4.74 Å². The minimum absolute atomic E-state index is 0.00135. The average molecular weight is 222 g/mol. The summed E-state index contributed by atoms with van der Waals surface area (Å²) in [6.45, 7) is 2.05. The van der Waals surface area contributed by atoms with Crippen LogP contribution in [0.3, 0.4) is 0 Å². The molecule has 0 aliphatic heterocycles. The zero-order chi connectivity index (χ0) is 12.0. The summed E-state index contributed by atoms with van der Waals surface area (Å²) >= 11 is 0. The van der Waals surface area contributed by atoms with Crippen molar-refractivity contribution in [2.24, 2.45) is 11.8 Å². The summed E-state index contributed by atoms with van der Waals surface area (Å²) in [5.74, 6) is -0.216. The van der Waals surface area contributed by atoms with E-state index in [9.17, 15) is 9.59 Å². The van der Waals surface area contributed by atoms with Gasteiger partial charge in [0.15, 0.2) is 5.78 Å². The van der Waals surface area contributed by atoms with Gasteiger partial charge in [-0.15, -0.1) is 0 Å². The molecule has 0 heterocycles. The van der Waals surface area contributed by atoms with E-state index in [0.29, 0.717) is 12.8 Å². The predicted octanol–water partition coefficient (Wildman–Crippen LogP) is 2.28. The van der Waals surface area contributed by atoms with Crippen molar-refractivity contribution in [2.75, 3.05) is 7.11 Å². The topological polar surface area (TPSA) is 43.4 Å². The second-order valence-electron chi connectivity index (χ2n) is 3.93. The molecule has 0 amide bonds. The van der Waals surface area contributed by atoms with Crippen LogP contribution in [-0.4, -0.2) is 18.9 Å². The van der Waals surface area contributed by atoms with E-state index >= 15 is 0 Å². The quantitative estimate of drug-likeness (QED) is 0.529. The Morgan fingerprint density at radius 1 is 1.50 bits per heavy atom. The summed E-state index contributed by atoms with van der Waals surface area (Å²) in [5, 5.41) is 0. The van der Waals surface area contributed by atoms with Gasteiger partial charge in [-0.3, -0.25) is 9.59 Å². The molecule has 16 heavy (non-hydrogen) atoms. The lowest BCUT2D eigenvalue weighted by Gasteiger charge is -2.14. The molecule has 3 heteroatoms. The van der Waals surface area contributed by atoms with E-state index in [1.807, 2.05) is 18.2 Å². The van der Waals surface area contributed by atoms with Gasteiger partial charge in [0, 0.05) is 5.92 Å². The standard InChI is InChI=1S/C13H18O3/c1-3-4-5-6-11-10(7-8-12(11)14)9-13(15)16-2/h4-5,7-8,10-11H,3,6,9H2,1-2H3/b5-4-. The van der Waals surface area contributed by atoms with Gasteiger partial charge in [0.2, 0.25) is 0 Å². The first-order valence-corrected chi connectivity index (χ1v) is 5.62. The average Bonchev–Trinajstić information content (AvgIpc) is 2.61. The maximum Gasteiger partial charge on any atom is 0.306 e. The van der Waals surface area contributed by atoms with E-state index in [1.165, 1.54) is 7.11 Å². The number of allylic oxidation sites excluding steroid dienone is 4. The van der Waals surface area contributed by atoms with Gasteiger partial charge in [-0.25, -0.2) is 0 Å². The van der Waals surface area contributed by atoms with Crippen LogP contribution in [-0.2, 0) is 14.3 Å². The summed E-state index contributed by atoms with van der Waals surface area (Å²) < 4.78 is 4.62. The van der Waals surface area contributed by atoms with Gasteiger partial charge in [-0.1, -0.05) is 25.2 Å². The van der Waals surface area contributed by atoms with Crippen LogP contribution in [0.5, 0.6) is 0 Å². The number of carbonyl (C=O) groups is 2. The Hall–Kier alpha value is -1.38. The second kappa shape index (κ2) is 6.26. The highest BCUT2D eigenvalue weighted by molar-refractivity contribution is 5.95. The molecule has 1 rings (SSSR count). The summed E-state index contributed by atoms with van der Waals surface area (Å²) in [5.41, 5.74) is 0. The SMILES string of the molecule is CC/C=C\CC1C(=O)C=CC1CC(=O)OC. The largest absolute Gasteiger partial charge is 0.469 e. The van der Waals surface area contributed by atoms with Gasteiger partial charge in [0.1, 0.15) is 0 Å². The summed E-state index contributed by atoms with van der Waals surface area (Å²) in [6.07, 6.45) is 9.43. The first-order chi connectivity index (χ1) is 7.69. The van der Waals surface area contributed by atoms with Crippen LogP contribution in [0.25, 0.3) is 0 Å². The molecule has 3 nitrogen and oxygen atoms in total. The highest BCUT2D eigenvalue weighted by Crippen LogP contribution is 2.28. The van der Waals surface area contributed by atoms with Crippen molar-refractivity contribution < 1.29 is 14.3 Å². The Bertz CT molecular complexity index is 315. The van der Waals surface area contributed by atoms with Crippen LogP contribution in [0.4, 0.5) is 0 Å². The molecule has 0 aromatic carbocycles. The van der Waals surface area contributed by atoms with Crippen LogP contribution < -0.4 is 0 Å². The van der Waals surface area contributed by atoms with Crippen LogP contribution >= 0.6 is 0 Å². The fraction of sp³-hybridized carbons (Fsp3) is 0.538. The molecule has 0 N–H and O–H groups in total. The van der Waals surface area contributed by atoms with E-state index in [-0.39, 0.29) is 23.6 Å². The van der Waals surface area contributed by atoms with Gasteiger partial charge in [0.05, 0.1) is 13.5 Å². The van der Waals surface area contributed by atoms with Crippen LogP contribution in [0.15, 0.2) is 24.3 Å². The summed E-state index contributed by atoms with van der Waals surface area (Å²) in [4.78, 5) is 22.7. The summed E-state index contributed by atoms with van der Waals surface area (Å²) in [6, 6.07) is 0. The highest BCUT2D eigenvalue weighted by atomic mass is 16.5. The molecule has 0 saturated carbocycles. The van der Waals surface area contributed by atoms with Gasteiger partial charge >= 0.3 is 5.97 Å². The fourth-order valence-corrected chi connectivity index (χ4v) is 1.87. The van der Waals surface area contributed by atoms with Crippen molar-refractivity contribution in [3.05, 3.63) is 24.3 Å².